The Bertz CT molecular complexity index is 1330. The number of anilines is 2. The van der Waals surface area contributed by atoms with Crippen LogP contribution in [0.5, 0.6) is 11.5 Å². The van der Waals surface area contributed by atoms with E-state index in [4.69, 9.17) is 21.1 Å². The van der Waals surface area contributed by atoms with E-state index in [9.17, 15) is 9.59 Å². The van der Waals surface area contributed by atoms with Crippen molar-refractivity contribution in [1.82, 2.24) is 25.8 Å². The number of hydrogen-bond donors (Lipinski definition) is 4. The summed E-state index contributed by atoms with van der Waals surface area (Å²) < 4.78 is 12.2. The molecule has 11 nitrogen and oxygen atoms in total. The highest BCUT2D eigenvalue weighted by atomic mass is 35.5. The van der Waals surface area contributed by atoms with Gasteiger partial charge in [-0.2, -0.15) is 5.10 Å². The molecule has 3 aliphatic rings. The third-order valence-electron chi connectivity index (χ3n) is 6.15. The van der Waals surface area contributed by atoms with Crippen molar-refractivity contribution in [2.24, 2.45) is 5.92 Å². The van der Waals surface area contributed by atoms with E-state index in [1.54, 1.807) is 35.0 Å². The van der Waals surface area contributed by atoms with Gasteiger partial charge in [0.1, 0.15) is 12.0 Å². The number of ether oxygens (including phenoxy) is 2. The summed E-state index contributed by atoms with van der Waals surface area (Å²) >= 11 is 6.18. The molecule has 2 aromatic carbocycles. The van der Waals surface area contributed by atoms with Gasteiger partial charge >= 0.3 is 0 Å². The number of carbonyl (C=O) groups excluding carboxylic acids is 2. The van der Waals surface area contributed by atoms with Crippen molar-refractivity contribution in [3.63, 3.8) is 0 Å². The molecule has 0 aliphatic carbocycles. The molecule has 1 aromatic heterocycles. The molecule has 0 bridgehead atoms. The number of aromatic nitrogens is 2. The second-order valence-electron chi connectivity index (χ2n) is 8.48. The van der Waals surface area contributed by atoms with Crippen LogP contribution in [0.25, 0.3) is 0 Å². The zero-order chi connectivity index (χ0) is 24.1. The number of rotatable bonds is 4. The second kappa shape index (κ2) is 8.45. The second-order valence-corrected chi connectivity index (χ2v) is 8.92. The smallest absolute Gasteiger partial charge is 0.256 e. The molecule has 3 aromatic rings. The van der Waals surface area contributed by atoms with Crippen LogP contribution in [0.2, 0.25) is 5.02 Å². The summed E-state index contributed by atoms with van der Waals surface area (Å²) in [6, 6.07) is 14.1. The number of hydrogen-bond acceptors (Lipinski definition) is 8. The van der Waals surface area contributed by atoms with Crippen LogP contribution in [0.3, 0.4) is 0 Å². The normalized spacial score (nSPS) is 22.6. The van der Waals surface area contributed by atoms with Gasteiger partial charge in [0.25, 0.3) is 5.91 Å². The predicted molar refractivity (Wildman–Crippen MR) is 127 cm³/mol. The highest BCUT2D eigenvalue weighted by molar-refractivity contribution is 6.30. The van der Waals surface area contributed by atoms with Crippen LogP contribution >= 0.6 is 11.6 Å². The first-order chi connectivity index (χ1) is 17.0. The molecule has 0 spiro atoms. The zero-order valence-corrected chi connectivity index (χ0v) is 19.4. The van der Waals surface area contributed by atoms with Crippen molar-refractivity contribution in [3.05, 3.63) is 64.8 Å². The minimum Gasteiger partial charge on any atom is -0.454 e. The van der Waals surface area contributed by atoms with Crippen molar-refractivity contribution in [3.8, 4) is 11.5 Å². The summed E-state index contributed by atoms with van der Waals surface area (Å²) in [5, 5.41) is 16.3. The topological polar surface area (TPSA) is 122 Å². The van der Waals surface area contributed by atoms with E-state index in [0.717, 1.165) is 5.69 Å². The lowest BCUT2D eigenvalue weighted by atomic mass is 10.0. The molecule has 2 saturated heterocycles. The third kappa shape index (κ3) is 3.93. The van der Waals surface area contributed by atoms with Gasteiger partial charge in [-0.05, 0) is 43.3 Å². The predicted octanol–water partition coefficient (Wildman–Crippen LogP) is 1.97. The van der Waals surface area contributed by atoms with Gasteiger partial charge in [0, 0.05) is 23.2 Å². The van der Waals surface area contributed by atoms with Crippen LogP contribution in [-0.4, -0.2) is 41.1 Å². The average molecular weight is 496 g/mol. The zero-order valence-electron chi connectivity index (χ0n) is 18.6. The van der Waals surface area contributed by atoms with Crippen molar-refractivity contribution in [1.29, 1.82) is 0 Å². The molecule has 12 heteroatoms. The number of aryl methyl sites for hydroxylation is 1. The fourth-order valence-corrected chi connectivity index (χ4v) is 4.69. The van der Waals surface area contributed by atoms with Gasteiger partial charge in [0.15, 0.2) is 17.8 Å². The lowest BCUT2D eigenvalue weighted by molar-refractivity contribution is -0.129. The molecular weight excluding hydrogens is 474 g/mol. The van der Waals surface area contributed by atoms with Crippen molar-refractivity contribution in [2.75, 3.05) is 23.7 Å². The van der Waals surface area contributed by atoms with E-state index in [1.165, 1.54) is 0 Å². The Kier molecular flexibility index (Phi) is 5.24. The quantitative estimate of drug-likeness (QED) is 0.433. The first kappa shape index (κ1) is 21.7. The van der Waals surface area contributed by atoms with E-state index in [0.29, 0.717) is 40.1 Å². The average Bonchev–Trinajstić information content (AvgIpc) is 3.56. The van der Waals surface area contributed by atoms with Gasteiger partial charge in [-0.1, -0.05) is 17.7 Å². The molecule has 4 N–H and O–H groups in total. The third-order valence-corrected chi connectivity index (χ3v) is 6.39. The summed E-state index contributed by atoms with van der Waals surface area (Å²) in [7, 11) is 0. The molecule has 3 aliphatic heterocycles. The molecule has 4 heterocycles. The first-order valence-corrected chi connectivity index (χ1v) is 11.5. The highest BCUT2D eigenvalue weighted by Crippen LogP contribution is 2.33. The largest absolute Gasteiger partial charge is 0.454 e. The van der Waals surface area contributed by atoms with Crippen molar-refractivity contribution in [2.45, 2.75) is 19.4 Å². The minimum absolute atomic E-state index is 0.128. The maximum atomic E-state index is 13.0. The number of amides is 2. The van der Waals surface area contributed by atoms with Crippen molar-refractivity contribution < 1.29 is 19.1 Å². The van der Waals surface area contributed by atoms with Crippen LogP contribution in [0.4, 0.5) is 11.5 Å². The Labute approximate surface area is 205 Å². The molecule has 6 rings (SSSR count). The Balaban J connectivity index is 1.25. The molecule has 3 atom stereocenters. The summed E-state index contributed by atoms with van der Waals surface area (Å²) in [5.41, 5.74) is 5.19. The maximum absolute atomic E-state index is 13.0. The molecule has 3 unspecified atom stereocenters. The van der Waals surface area contributed by atoms with Crippen LogP contribution in [-0.2, 0) is 4.79 Å². The molecular formula is C23H22ClN7O4. The minimum atomic E-state index is -0.689. The Morgan fingerprint density at radius 2 is 2.03 bits per heavy atom. The maximum Gasteiger partial charge on any atom is 0.256 e. The molecule has 0 radical (unpaired) electrons. The van der Waals surface area contributed by atoms with Gasteiger partial charge in [-0.3, -0.25) is 19.9 Å². The first-order valence-electron chi connectivity index (χ1n) is 11.1. The van der Waals surface area contributed by atoms with Crippen LogP contribution in [0.15, 0.2) is 48.5 Å². The monoisotopic (exact) mass is 495 g/mol. The van der Waals surface area contributed by atoms with Gasteiger partial charge in [0.05, 0.1) is 17.3 Å². The molecule has 35 heavy (non-hydrogen) atoms. The van der Waals surface area contributed by atoms with E-state index in [-0.39, 0.29) is 30.7 Å². The molecule has 180 valence electrons. The Hall–Kier alpha value is -3.80. The summed E-state index contributed by atoms with van der Waals surface area (Å²) in [6.07, 6.45) is -1.04. The van der Waals surface area contributed by atoms with E-state index in [1.807, 2.05) is 30.1 Å². The Morgan fingerprint density at radius 1 is 1.17 bits per heavy atom. The summed E-state index contributed by atoms with van der Waals surface area (Å²) in [4.78, 5) is 26.0. The fraction of sp³-hybridized carbons (Fsp3) is 0.261. The highest BCUT2D eigenvalue weighted by Gasteiger charge is 2.45. The Morgan fingerprint density at radius 3 is 2.89 bits per heavy atom. The van der Waals surface area contributed by atoms with E-state index in [2.05, 4.69) is 26.5 Å². The van der Waals surface area contributed by atoms with Crippen LogP contribution < -0.4 is 35.9 Å². The molecule has 0 saturated carbocycles. The summed E-state index contributed by atoms with van der Waals surface area (Å²) in [5.74, 6) is 0.754. The lowest BCUT2D eigenvalue weighted by Gasteiger charge is -2.37. The summed E-state index contributed by atoms with van der Waals surface area (Å²) in [6.45, 7) is 2.41. The van der Waals surface area contributed by atoms with E-state index < -0.39 is 6.29 Å². The van der Waals surface area contributed by atoms with Gasteiger partial charge in [0.2, 0.25) is 12.7 Å². The number of nitrogens with one attached hydrogen (secondary N) is 4. The molecule has 2 fully saturated rings. The number of hydrazine groups is 1. The number of carbonyl (C=O) groups is 2. The molecule has 2 amide bonds. The fourth-order valence-electron chi connectivity index (χ4n) is 4.50. The van der Waals surface area contributed by atoms with Gasteiger partial charge in [-0.25, -0.2) is 10.1 Å². The number of halogens is 1. The van der Waals surface area contributed by atoms with Gasteiger partial charge in [-0.15, -0.1) is 0 Å². The van der Waals surface area contributed by atoms with Gasteiger partial charge < -0.3 is 20.1 Å². The number of benzene rings is 2. The van der Waals surface area contributed by atoms with Crippen molar-refractivity contribution >= 4 is 34.9 Å². The number of nitrogens with zero attached hydrogens (tertiary/aromatic N) is 3. The van der Waals surface area contributed by atoms with E-state index >= 15 is 0 Å². The van der Waals surface area contributed by atoms with Crippen LogP contribution in [0.1, 0.15) is 22.3 Å². The van der Waals surface area contributed by atoms with Crippen LogP contribution in [0, 0.1) is 12.8 Å². The number of fused-ring (bicyclic) bond motifs is 2. The SMILES string of the molecule is Cc1cc(NC(=O)c2ccc3c(c2)OCO3)n(C2NC(=O)C3CNN(c4cccc(Cl)c4)C3N2)n1. The lowest BCUT2D eigenvalue weighted by Crippen LogP contribution is -2.61. The standard InChI is InChI=1S/C23H22ClN7O4/c1-12-7-19(26-21(32)13-5-6-17-18(8-13)35-11-34-17)31(29-12)23-27-20-16(22(33)28-23)10-25-30(20)15-4-2-3-14(24)9-15/h2-9,16,20,23,25,27H,10-11H2,1H3,(H,26,32)(H,28,33).